The third-order valence-electron chi connectivity index (χ3n) is 5.16. The molecule has 2 saturated heterocycles. The lowest BCUT2D eigenvalue weighted by Gasteiger charge is -2.34. The average Bonchev–Trinajstić information content (AvgIpc) is 3.16. The number of methoxy groups -OCH3 is 2. The molecular formula is C19H28N2O3. The maximum atomic E-state index is 12.7. The van der Waals surface area contributed by atoms with Gasteiger partial charge in [-0.25, -0.2) is 0 Å². The minimum absolute atomic E-state index is 0.154. The first-order valence-electron chi connectivity index (χ1n) is 8.93. The molecule has 132 valence electrons. The molecule has 0 aliphatic carbocycles. The largest absolute Gasteiger partial charge is 0.497 e. The Hall–Kier alpha value is -1.75. The SMILES string of the molecule is COc1ccc(CN2CCC[C@H](C(=O)N3CCCC3)C2)c(OC)c1. The highest BCUT2D eigenvalue weighted by Crippen LogP contribution is 2.28. The van der Waals surface area contributed by atoms with Crippen LogP contribution in [0.25, 0.3) is 0 Å². The molecular weight excluding hydrogens is 304 g/mol. The molecule has 2 heterocycles. The zero-order valence-corrected chi connectivity index (χ0v) is 14.8. The van der Waals surface area contributed by atoms with E-state index in [1.54, 1.807) is 14.2 Å². The van der Waals surface area contributed by atoms with Gasteiger partial charge in [0.1, 0.15) is 11.5 Å². The molecule has 0 unspecified atom stereocenters. The molecule has 3 rings (SSSR count). The van der Waals surface area contributed by atoms with Crippen LogP contribution in [0.3, 0.4) is 0 Å². The number of likely N-dealkylation sites (tertiary alicyclic amines) is 2. The van der Waals surface area contributed by atoms with Crippen molar-refractivity contribution in [2.75, 3.05) is 40.4 Å². The van der Waals surface area contributed by atoms with Crippen LogP contribution < -0.4 is 9.47 Å². The molecule has 1 amide bonds. The van der Waals surface area contributed by atoms with Crippen LogP contribution in [0, 0.1) is 5.92 Å². The number of benzene rings is 1. The zero-order valence-electron chi connectivity index (χ0n) is 14.8. The summed E-state index contributed by atoms with van der Waals surface area (Å²) in [7, 11) is 3.35. The first-order valence-corrected chi connectivity index (χ1v) is 8.93. The minimum atomic E-state index is 0.154. The Morgan fingerprint density at radius 3 is 2.62 bits per heavy atom. The fraction of sp³-hybridized carbons (Fsp3) is 0.632. The standard InChI is InChI=1S/C19H28N2O3/c1-23-17-8-7-15(18(12-17)24-2)13-20-9-5-6-16(14-20)19(22)21-10-3-4-11-21/h7-8,12,16H,3-6,9-11,13-14H2,1-2H3/t16-/m0/s1. The van der Waals surface area contributed by atoms with Crippen LogP contribution in [-0.2, 0) is 11.3 Å². The van der Waals surface area contributed by atoms with Crippen molar-refractivity contribution in [1.82, 2.24) is 9.80 Å². The maximum absolute atomic E-state index is 12.7. The Morgan fingerprint density at radius 2 is 1.92 bits per heavy atom. The van der Waals surface area contributed by atoms with Crippen LogP contribution in [0.1, 0.15) is 31.2 Å². The van der Waals surface area contributed by atoms with E-state index in [2.05, 4.69) is 15.9 Å². The van der Waals surface area contributed by atoms with E-state index in [0.717, 1.165) is 75.5 Å². The van der Waals surface area contributed by atoms with E-state index < -0.39 is 0 Å². The first-order chi connectivity index (χ1) is 11.7. The lowest BCUT2D eigenvalue weighted by atomic mass is 9.96. The van der Waals surface area contributed by atoms with E-state index in [4.69, 9.17) is 9.47 Å². The minimum Gasteiger partial charge on any atom is -0.497 e. The number of carbonyl (C=O) groups excluding carboxylic acids is 1. The van der Waals surface area contributed by atoms with Gasteiger partial charge in [-0.15, -0.1) is 0 Å². The fourth-order valence-electron chi connectivity index (χ4n) is 3.82. The number of amides is 1. The molecule has 5 heteroatoms. The molecule has 0 spiro atoms. The number of hydrogen-bond donors (Lipinski definition) is 0. The lowest BCUT2D eigenvalue weighted by molar-refractivity contribution is -0.136. The van der Waals surface area contributed by atoms with Crippen LogP contribution in [0.2, 0.25) is 0 Å². The first kappa shape index (κ1) is 17.1. The van der Waals surface area contributed by atoms with E-state index in [9.17, 15) is 4.79 Å². The number of ether oxygens (including phenoxy) is 2. The topological polar surface area (TPSA) is 42.0 Å². The molecule has 24 heavy (non-hydrogen) atoms. The van der Waals surface area contributed by atoms with Gasteiger partial charge in [0.25, 0.3) is 0 Å². The van der Waals surface area contributed by atoms with Gasteiger partial charge >= 0.3 is 0 Å². The third-order valence-corrected chi connectivity index (χ3v) is 5.16. The van der Waals surface area contributed by atoms with E-state index in [-0.39, 0.29) is 5.92 Å². The Kier molecular flexibility index (Phi) is 5.61. The van der Waals surface area contributed by atoms with Crippen molar-refractivity contribution in [1.29, 1.82) is 0 Å². The van der Waals surface area contributed by atoms with Gasteiger partial charge in [-0.05, 0) is 38.3 Å². The van der Waals surface area contributed by atoms with E-state index in [1.165, 1.54) is 0 Å². The maximum Gasteiger partial charge on any atom is 0.226 e. The summed E-state index contributed by atoms with van der Waals surface area (Å²) in [5.74, 6) is 2.17. The predicted molar refractivity (Wildman–Crippen MR) is 93.4 cm³/mol. The van der Waals surface area contributed by atoms with Gasteiger partial charge in [-0.1, -0.05) is 6.07 Å². The second-order valence-corrected chi connectivity index (χ2v) is 6.78. The van der Waals surface area contributed by atoms with Gasteiger partial charge in [-0.2, -0.15) is 0 Å². The van der Waals surface area contributed by atoms with Crippen molar-refractivity contribution in [3.8, 4) is 11.5 Å². The molecule has 1 aromatic carbocycles. The van der Waals surface area contributed by atoms with E-state index in [0.29, 0.717) is 5.91 Å². The van der Waals surface area contributed by atoms with Crippen LogP contribution in [0.4, 0.5) is 0 Å². The van der Waals surface area contributed by atoms with E-state index in [1.807, 2.05) is 12.1 Å². The van der Waals surface area contributed by atoms with Gasteiger partial charge in [0.05, 0.1) is 20.1 Å². The van der Waals surface area contributed by atoms with Gasteiger partial charge < -0.3 is 14.4 Å². The molecule has 0 aromatic heterocycles. The van der Waals surface area contributed by atoms with Crippen molar-refractivity contribution in [3.63, 3.8) is 0 Å². The molecule has 2 aliphatic rings. The van der Waals surface area contributed by atoms with Gasteiger partial charge in [0.2, 0.25) is 5.91 Å². The van der Waals surface area contributed by atoms with Crippen molar-refractivity contribution in [2.45, 2.75) is 32.2 Å². The number of rotatable bonds is 5. The molecule has 1 aromatic rings. The van der Waals surface area contributed by atoms with Crippen LogP contribution in [-0.4, -0.2) is 56.1 Å². The molecule has 0 N–H and O–H groups in total. The highest BCUT2D eigenvalue weighted by molar-refractivity contribution is 5.79. The van der Waals surface area contributed by atoms with Crippen molar-refractivity contribution < 1.29 is 14.3 Å². The zero-order chi connectivity index (χ0) is 16.9. The number of hydrogen-bond acceptors (Lipinski definition) is 4. The molecule has 5 nitrogen and oxygen atoms in total. The Labute approximate surface area is 144 Å². The Morgan fingerprint density at radius 1 is 1.12 bits per heavy atom. The molecule has 2 aliphatic heterocycles. The second kappa shape index (κ2) is 7.88. The summed E-state index contributed by atoms with van der Waals surface area (Å²) < 4.78 is 10.8. The molecule has 0 radical (unpaired) electrons. The van der Waals surface area contributed by atoms with Crippen LogP contribution >= 0.6 is 0 Å². The molecule has 0 saturated carbocycles. The van der Waals surface area contributed by atoms with Gasteiger partial charge in [0, 0.05) is 37.8 Å². The third kappa shape index (κ3) is 3.83. The monoisotopic (exact) mass is 332 g/mol. The highest BCUT2D eigenvalue weighted by atomic mass is 16.5. The van der Waals surface area contributed by atoms with Crippen molar-refractivity contribution in [2.24, 2.45) is 5.92 Å². The Bertz CT molecular complexity index is 570. The number of carbonyl (C=O) groups is 1. The summed E-state index contributed by atoms with van der Waals surface area (Å²) in [6.07, 6.45) is 4.42. The average molecular weight is 332 g/mol. The number of piperidine rings is 1. The summed E-state index contributed by atoms with van der Waals surface area (Å²) in [6, 6.07) is 5.95. The van der Waals surface area contributed by atoms with E-state index >= 15 is 0 Å². The summed E-state index contributed by atoms with van der Waals surface area (Å²) in [6.45, 7) is 4.60. The smallest absolute Gasteiger partial charge is 0.226 e. The van der Waals surface area contributed by atoms with Crippen molar-refractivity contribution >= 4 is 5.91 Å². The quantitative estimate of drug-likeness (QED) is 0.831. The Balaban J connectivity index is 1.64. The summed E-state index contributed by atoms with van der Waals surface area (Å²) in [5, 5.41) is 0. The normalized spacial score (nSPS) is 21.8. The molecule has 0 bridgehead atoms. The van der Waals surface area contributed by atoms with Crippen LogP contribution in [0.5, 0.6) is 11.5 Å². The molecule has 1 atom stereocenters. The summed E-state index contributed by atoms with van der Waals surface area (Å²) in [5.41, 5.74) is 1.15. The lowest BCUT2D eigenvalue weighted by Crippen LogP contribution is -2.43. The fourth-order valence-corrected chi connectivity index (χ4v) is 3.82. The van der Waals surface area contributed by atoms with Crippen molar-refractivity contribution in [3.05, 3.63) is 23.8 Å². The molecule has 2 fully saturated rings. The summed E-state index contributed by atoms with van der Waals surface area (Å²) in [4.78, 5) is 17.1. The highest BCUT2D eigenvalue weighted by Gasteiger charge is 2.30. The summed E-state index contributed by atoms with van der Waals surface area (Å²) >= 11 is 0. The number of nitrogens with zero attached hydrogens (tertiary/aromatic N) is 2. The van der Waals surface area contributed by atoms with Crippen LogP contribution in [0.15, 0.2) is 18.2 Å². The van der Waals surface area contributed by atoms with Gasteiger partial charge in [-0.3, -0.25) is 9.69 Å². The second-order valence-electron chi connectivity index (χ2n) is 6.78. The predicted octanol–water partition coefficient (Wildman–Crippen LogP) is 2.54. The van der Waals surface area contributed by atoms with Gasteiger partial charge in [0.15, 0.2) is 0 Å².